The van der Waals surface area contributed by atoms with Gasteiger partial charge in [0.25, 0.3) is 0 Å². The van der Waals surface area contributed by atoms with Gasteiger partial charge < -0.3 is 10.1 Å². The molecule has 0 aromatic heterocycles. The molecule has 1 unspecified atom stereocenters. The number of ether oxygens (including phenoxy) is 1. The van der Waals surface area contributed by atoms with Gasteiger partial charge in [-0.1, -0.05) is 12.1 Å². The van der Waals surface area contributed by atoms with Crippen LogP contribution in [0.1, 0.15) is 0 Å². The molecule has 0 radical (unpaired) electrons. The first-order valence-corrected chi connectivity index (χ1v) is 7.03. The van der Waals surface area contributed by atoms with Gasteiger partial charge in [-0.05, 0) is 12.1 Å². The smallest absolute Gasteiger partial charge is 0.243 e. The molecule has 0 saturated carbocycles. The molecule has 2 atom stereocenters. The molecule has 5 nitrogen and oxygen atoms in total. The van der Waals surface area contributed by atoms with Crippen molar-refractivity contribution in [3.63, 3.8) is 0 Å². The van der Waals surface area contributed by atoms with Gasteiger partial charge in [0.1, 0.15) is 10.7 Å². The Morgan fingerprint density at radius 3 is 2.78 bits per heavy atom. The van der Waals surface area contributed by atoms with E-state index in [2.05, 4.69) is 10.0 Å². The van der Waals surface area contributed by atoms with Gasteiger partial charge in [0.15, 0.2) is 0 Å². The van der Waals surface area contributed by atoms with Gasteiger partial charge in [-0.25, -0.2) is 17.5 Å². The predicted molar refractivity (Wildman–Crippen MR) is 64.2 cm³/mol. The fourth-order valence-corrected chi connectivity index (χ4v) is 3.29. The van der Waals surface area contributed by atoms with Gasteiger partial charge in [0, 0.05) is 20.2 Å². The zero-order valence-electron chi connectivity index (χ0n) is 9.89. The molecule has 0 aliphatic carbocycles. The molecule has 1 aromatic rings. The van der Waals surface area contributed by atoms with Crippen molar-refractivity contribution in [2.24, 2.45) is 0 Å². The van der Waals surface area contributed by atoms with Crippen molar-refractivity contribution in [3.05, 3.63) is 30.1 Å². The van der Waals surface area contributed by atoms with Crippen LogP contribution in [-0.2, 0) is 14.8 Å². The maximum absolute atomic E-state index is 13.5. The first-order valence-electron chi connectivity index (χ1n) is 5.55. The minimum atomic E-state index is -3.86. The second kappa shape index (κ2) is 5.31. The lowest BCUT2D eigenvalue weighted by molar-refractivity contribution is 0.103. The topological polar surface area (TPSA) is 67.4 Å². The van der Waals surface area contributed by atoms with Crippen LogP contribution in [0.2, 0.25) is 0 Å². The molecule has 18 heavy (non-hydrogen) atoms. The Morgan fingerprint density at radius 2 is 2.11 bits per heavy atom. The van der Waals surface area contributed by atoms with E-state index in [1.54, 1.807) is 0 Å². The third kappa shape index (κ3) is 2.69. The van der Waals surface area contributed by atoms with E-state index in [4.69, 9.17) is 4.74 Å². The zero-order chi connectivity index (χ0) is 13.2. The third-order valence-electron chi connectivity index (χ3n) is 2.89. The first-order chi connectivity index (χ1) is 8.54. The highest BCUT2D eigenvalue weighted by Gasteiger charge is 2.32. The summed E-state index contributed by atoms with van der Waals surface area (Å²) < 4.78 is 45.2. The summed E-state index contributed by atoms with van der Waals surface area (Å²) in [5.41, 5.74) is 0. The van der Waals surface area contributed by atoms with Crippen LogP contribution in [-0.4, -0.2) is 40.8 Å². The summed E-state index contributed by atoms with van der Waals surface area (Å²) in [5.74, 6) is -0.759. The summed E-state index contributed by atoms with van der Waals surface area (Å²) in [7, 11) is -2.35. The highest BCUT2D eigenvalue weighted by atomic mass is 32.2. The van der Waals surface area contributed by atoms with Crippen LogP contribution in [0.4, 0.5) is 4.39 Å². The van der Waals surface area contributed by atoms with Gasteiger partial charge >= 0.3 is 0 Å². The van der Waals surface area contributed by atoms with E-state index in [0.29, 0.717) is 13.1 Å². The zero-order valence-corrected chi connectivity index (χ0v) is 10.7. The number of hydrogen-bond acceptors (Lipinski definition) is 4. The molecule has 0 amide bonds. The summed E-state index contributed by atoms with van der Waals surface area (Å²) in [4.78, 5) is -0.341. The highest BCUT2D eigenvalue weighted by molar-refractivity contribution is 7.89. The Balaban J connectivity index is 2.20. The van der Waals surface area contributed by atoms with Gasteiger partial charge in [-0.15, -0.1) is 0 Å². The average molecular weight is 274 g/mol. The van der Waals surface area contributed by atoms with Crippen LogP contribution in [0.15, 0.2) is 29.2 Å². The number of methoxy groups -OCH3 is 1. The summed E-state index contributed by atoms with van der Waals surface area (Å²) in [6.45, 7) is 1.03. The van der Waals surface area contributed by atoms with Gasteiger partial charge in [0.2, 0.25) is 10.0 Å². The normalized spacial score (nSPS) is 24.3. The molecule has 100 valence electrons. The molecule has 0 spiro atoms. The molecular weight excluding hydrogens is 259 g/mol. The fourth-order valence-electron chi connectivity index (χ4n) is 1.95. The van der Waals surface area contributed by atoms with Gasteiger partial charge in [-0.3, -0.25) is 0 Å². The van der Waals surface area contributed by atoms with E-state index in [0.717, 1.165) is 6.07 Å². The van der Waals surface area contributed by atoms with Crippen LogP contribution < -0.4 is 10.0 Å². The van der Waals surface area contributed by atoms with E-state index in [-0.39, 0.29) is 17.0 Å². The number of rotatable bonds is 4. The van der Waals surface area contributed by atoms with Crippen molar-refractivity contribution < 1.29 is 17.5 Å². The SMILES string of the molecule is CO[C@H]1CNCC1NS(=O)(=O)c1ccccc1F. The second-order valence-corrected chi connectivity index (χ2v) is 5.77. The molecule has 7 heteroatoms. The summed E-state index contributed by atoms with van der Waals surface area (Å²) in [6.07, 6.45) is -0.244. The van der Waals surface area contributed by atoms with Crippen molar-refractivity contribution >= 4 is 10.0 Å². The van der Waals surface area contributed by atoms with Gasteiger partial charge in [0.05, 0.1) is 12.1 Å². The first kappa shape index (κ1) is 13.4. The average Bonchev–Trinajstić information content (AvgIpc) is 2.76. The lowest BCUT2D eigenvalue weighted by Gasteiger charge is -2.18. The molecule has 1 saturated heterocycles. The fraction of sp³-hybridized carbons (Fsp3) is 0.455. The summed E-state index contributed by atoms with van der Waals surface area (Å²) in [6, 6.07) is 4.90. The van der Waals surface area contributed by atoms with E-state index in [1.165, 1.54) is 25.3 Å². The van der Waals surface area contributed by atoms with Crippen molar-refractivity contribution in [1.82, 2.24) is 10.0 Å². The standard InChI is InChI=1S/C11H15FN2O3S/c1-17-10-7-13-6-9(10)14-18(15,16)11-5-3-2-4-8(11)12/h2-5,9-10,13-14H,6-7H2,1H3/t9?,10-/m0/s1. The van der Waals surface area contributed by atoms with E-state index in [1.807, 2.05) is 0 Å². The molecule has 2 N–H and O–H groups in total. The van der Waals surface area contributed by atoms with Crippen LogP contribution in [0.3, 0.4) is 0 Å². The molecule has 1 aromatic carbocycles. The van der Waals surface area contributed by atoms with Crippen LogP contribution in [0, 0.1) is 5.82 Å². The van der Waals surface area contributed by atoms with E-state index >= 15 is 0 Å². The highest BCUT2D eigenvalue weighted by Crippen LogP contribution is 2.15. The molecule has 1 aliphatic heterocycles. The second-order valence-electron chi connectivity index (χ2n) is 4.09. The largest absolute Gasteiger partial charge is 0.378 e. The Bertz CT molecular complexity index is 521. The Hall–Kier alpha value is -1.02. The lowest BCUT2D eigenvalue weighted by atomic mass is 10.2. The number of sulfonamides is 1. The maximum Gasteiger partial charge on any atom is 0.243 e. The Morgan fingerprint density at radius 1 is 1.39 bits per heavy atom. The number of benzene rings is 1. The lowest BCUT2D eigenvalue weighted by Crippen LogP contribution is -2.43. The van der Waals surface area contributed by atoms with E-state index < -0.39 is 15.8 Å². The minimum Gasteiger partial charge on any atom is -0.378 e. The molecule has 1 heterocycles. The summed E-state index contributed by atoms with van der Waals surface area (Å²) in [5, 5.41) is 3.02. The van der Waals surface area contributed by atoms with Gasteiger partial charge in [-0.2, -0.15) is 0 Å². The summed E-state index contributed by atoms with van der Waals surface area (Å²) >= 11 is 0. The Labute approximate surface area is 105 Å². The van der Waals surface area contributed by atoms with Crippen molar-refractivity contribution in [1.29, 1.82) is 0 Å². The number of nitrogens with one attached hydrogen (secondary N) is 2. The van der Waals surface area contributed by atoms with Crippen LogP contribution in [0.5, 0.6) is 0 Å². The molecular formula is C11H15FN2O3S. The number of halogens is 1. The Kier molecular flexibility index (Phi) is 3.96. The van der Waals surface area contributed by atoms with Crippen molar-refractivity contribution in [3.8, 4) is 0 Å². The quantitative estimate of drug-likeness (QED) is 0.816. The molecule has 0 bridgehead atoms. The van der Waals surface area contributed by atoms with Crippen molar-refractivity contribution in [2.45, 2.75) is 17.0 Å². The maximum atomic E-state index is 13.5. The van der Waals surface area contributed by atoms with Crippen LogP contribution in [0.25, 0.3) is 0 Å². The van der Waals surface area contributed by atoms with E-state index in [9.17, 15) is 12.8 Å². The third-order valence-corrected chi connectivity index (χ3v) is 4.42. The number of hydrogen-bond donors (Lipinski definition) is 2. The molecule has 1 aliphatic rings. The molecule has 2 rings (SSSR count). The molecule has 1 fully saturated rings. The minimum absolute atomic E-state index is 0.244. The van der Waals surface area contributed by atoms with Crippen LogP contribution >= 0.6 is 0 Å². The predicted octanol–water partition coefficient (Wildman–Crippen LogP) is 0.0908. The monoisotopic (exact) mass is 274 g/mol. The van der Waals surface area contributed by atoms with Crippen molar-refractivity contribution in [2.75, 3.05) is 20.2 Å².